The maximum atomic E-state index is 13.0. The molecule has 5 heteroatoms. The van der Waals surface area contributed by atoms with E-state index in [4.69, 9.17) is 4.74 Å². The number of benzene rings is 2. The summed E-state index contributed by atoms with van der Waals surface area (Å²) in [5.41, 5.74) is 1.09. The van der Waals surface area contributed by atoms with Gasteiger partial charge in [-0.1, -0.05) is 36.4 Å². The molecule has 0 saturated carbocycles. The van der Waals surface area contributed by atoms with Crippen molar-refractivity contribution >= 4 is 0 Å². The quantitative estimate of drug-likeness (QED) is 0.869. The van der Waals surface area contributed by atoms with Crippen LogP contribution in [0.4, 0.5) is 13.2 Å². The van der Waals surface area contributed by atoms with Crippen molar-refractivity contribution in [2.75, 3.05) is 13.1 Å². The lowest BCUT2D eigenvalue weighted by atomic mass is 9.85. The number of halogens is 3. The summed E-state index contributed by atoms with van der Waals surface area (Å²) in [7, 11) is 0. The van der Waals surface area contributed by atoms with Gasteiger partial charge in [0.1, 0.15) is 5.60 Å². The minimum Gasteiger partial charge on any atom is -0.355 e. The predicted octanol–water partition coefficient (Wildman–Crippen LogP) is 3.62. The first kappa shape index (κ1) is 13.8. The Morgan fingerprint density at radius 1 is 1.09 bits per heavy atom. The van der Waals surface area contributed by atoms with Crippen molar-refractivity contribution in [3.05, 3.63) is 70.8 Å². The second-order valence-electron chi connectivity index (χ2n) is 5.73. The average Bonchev–Trinajstić information content (AvgIpc) is 2.76. The van der Waals surface area contributed by atoms with Gasteiger partial charge in [-0.05, 0) is 28.8 Å². The molecule has 2 bridgehead atoms. The van der Waals surface area contributed by atoms with E-state index in [1.807, 2.05) is 24.3 Å². The van der Waals surface area contributed by atoms with Gasteiger partial charge in [0, 0.05) is 13.1 Å². The summed E-state index contributed by atoms with van der Waals surface area (Å²) in [5.74, 6) is 0. The Kier molecular flexibility index (Phi) is 2.86. The van der Waals surface area contributed by atoms with Crippen LogP contribution >= 0.6 is 0 Å². The summed E-state index contributed by atoms with van der Waals surface area (Å²) < 4.78 is 45.2. The zero-order chi connectivity index (χ0) is 15.4. The molecule has 0 radical (unpaired) electrons. The smallest absolute Gasteiger partial charge is 0.355 e. The summed E-state index contributed by atoms with van der Waals surface area (Å²) in [6, 6.07) is 13.2. The van der Waals surface area contributed by atoms with Crippen LogP contribution in [0, 0.1) is 0 Å². The van der Waals surface area contributed by atoms with Crippen molar-refractivity contribution in [1.29, 1.82) is 0 Å². The number of morpholine rings is 1. The highest BCUT2D eigenvalue weighted by Gasteiger charge is 2.49. The number of rotatable bonds is 1. The van der Waals surface area contributed by atoms with Crippen molar-refractivity contribution in [1.82, 2.24) is 5.32 Å². The van der Waals surface area contributed by atoms with E-state index in [2.05, 4.69) is 5.32 Å². The number of fused-ring (bicyclic) bond motifs is 5. The third-order valence-corrected chi connectivity index (χ3v) is 4.45. The SMILES string of the molecule is FC(F)(F)c1cccc(C23CNCC(O2)c2ccccc23)c1. The molecule has 0 aliphatic carbocycles. The van der Waals surface area contributed by atoms with E-state index in [1.54, 1.807) is 6.07 Å². The van der Waals surface area contributed by atoms with Gasteiger partial charge < -0.3 is 10.1 Å². The Morgan fingerprint density at radius 3 is 2.73 bits per heavy atom. The second kappa shape index (κ2) is 4.57. The summed E-state index contributed by atoms with van der Waals surface area (Å²) in [6.07, 6.45) is -4.47. The highest BCUT2D eigenvalue weighted by Crippen LogP contribution is 2.49. The van der Waals surface area contributed by atoms with Gasteiger partial charge in [0.2, 0.25) is 0 Å². The van der Waals surface area contributed by atoms with Gasteiger partial charge in [-0.25, -0.2) is 0 Å². The molecule has 2 aromatic rings. The fourth-order valence-electron chi connectivity index (χ4n) is 3.46. The van der Waals surface area contributed by atoms with Crippen LogP contribution in [-0.2, 0) is 16.5 Å². The van der Waals surface area contributed by atoms with E-state index in [9.17, 15) is 13.2 Å². The summed E-state index contributed by atoms with van der Waals surface area (Å²) in [5, 5.41) is 3.28. The number of hydrogen-bond acceptors (Lipinski definition) is 2. The highest BCUT2D eigenvalue weighted by atomic mass is 19.4. The van der Waals surface area contributed by atoms with E-state index in [0.717, 1.165) is 17.2 Å². The van der Waals surface area contributed by atoms with Gasteiger partial charge in [0.15, 0.2) is 0 Å². The van der Waals surface area contributed by atoms with Crippen LogP contribution in [0.5, 0.6) is 0 Å². The van der Waals surface area contributed by atoms with E-state index < -0.39 is 17.3 Å². The molecule has 0 spiro atoms. The monoisotopic (exact) mass is 305 g/mol. The van der Waals surface area contributed by atoms with Crippen LogP contribution in [0.15, 0.2) is 48.5 Å². The number of ether oxygens (including phenoxy) is 1. The van der Waals surface area contributed by atoms with E-state index in [-0.39, 0.29) is 6.10 Å². The number of hydrogen-bond donors (Lipinski definition) is 1. The van der Waals surface area contributed by atoms with Crippen molar-refractivity contribution in [3.8, 4) is 0 Å². The summed E-state index contributed by atoms with van der Waals surface area (Å²) in [6.45, 7) is 1.15. The van der Waals surface area contributed by atoms with Crippen molar-refractivity contribution in [2.45, 2.75) is 17.9 Å². The molecular weight excluding hydrogens is 291 g/mol. The molecule has 2 aliphatic heterocycles. The third-order valence-electron chi connectivity index (χ3n) is 4.45. The molecule has 1 N–H and O–H groups in total. The van der Waals surface area contributed by atoms with Crippen LogP contribution in [0.25, 0.3) is 0 Å². The minimum atomic E-state index is -4.35. The van der Waals surface area contributed by atoms with Gasteiger partial charge >= 0.3 is 6.18 Å². The van der Waals surface area contributed by atoms with Gasteiger partial charge in [0.05, 0.1) is 11.7 Å². The van der Waals surface area contributed by atoms with Gasteiger partial charge in [-0.2, -0.15) is 13.2 Å². The van der Waals surface area contributed by atoms with Crippen LogP contribution in [0.1, 0.15) is 28.4 Å². The lowest BCUT2D eigenvalue weighted by molar-refractivity contribution is -0.137. The molecule has 1 saturated heterocycles. The van der Waals surface area contributed by atoms with Crippen molar-refractivity contribution in [3.63, 3.8) is 0 Å². The number of alkyl halides is 3. The Bertz CT molecular complexity index is 728. The van der Waals surface area contributed by atoms with Crippen LogP contribution in [-0.4, -0.2) is 13.1 Å². The standard InChI is InChI=1S/C17H14F3NO/c18-17(19,20)12-5-3-4-11(8-12)16-10-21-9-15(22-16)13-6-1-2-7-14(13)16/h1-8,15,21H,9-10H2. The lowest BCUT2D eigenvalue weighted by Gasteiger charge is -2.35. The second-order valence-corrected chi connectivity index (χ2v) is 5.73. The molecule has 2 unspecified atom stereocenters. The zero-order valence-electron chi connectivity index (χ0n) is 11.7. The Morgan fingerprint density at radius 2 is 1.91 bits per heavy atom. The van der Waals surface area contributed by atoms with Gasteiger partial charge in [-0.15, -0.1) is 0 Å². The van der Waals surface area contributed by atoms with Crippen LogP contribution in [0.3, 0.4) is 0 Å². The van der Waals surface area contributed by atoms with E-state index >= 15 is 0 Å². The average molecular weight is 305 g/mol. The normalized spacial score (nSPS) is 26.8. The molecule has 2 atom stereocenters. The molecular formula is C17H14F3NO. The molecule has 114 valence electrons. The Hall–Kier alpha value is -1.85. The van der Waals surface area contributed by atoms with Crippen LogP contribution in [0.2, 0.25) is 0 Å². The maximum Gasteiger partial charge on any atom is 0.416 e. The Labute approximate surface area is 125 Å². The first-order valence-electron chi connectivity index (χ1n) is 7.16. The largest absolute Gasteiger partial charge is 0.416 e. The zero-order valence-corrected chi connectivity index (χ0v) is 11.7. The van der Waals surface area contributed by atoms with E-state index in [0.29, 0.717) is 18.7 Å². The van der Waals surface area contributed by atoms with Gasteiger partial charge in [0.25, 0.3) is 0 Å². The summed E-state index contributed by atoms with van der Waals surface area (Å²) in [4.78, 5) is 0. The number of nitrogens with one attached hydrogen (secondary N) is 1. The van der Waals surface area contributed by atoms with Crippen LogP contribution < -0.4 is 5.32 Å². The highest BCUT2D eigenvalue weighted by molar-refractivity contribution is 5.48. The Balaban J connectivity index is 1.89. The maximum absolute atomic E-state index is 13.0. The molecule has 0 amide bonds. The molecule has 2 heterocycles. The molecule has 2 aliphatic rings. The molecule has 0 aromatic heterocycles. The van der Waals surface area contributed by atoms with E-state index in [1.165, 1.54) is 12.1 Å². The van der Waals surface area contributed by atoms with Gasteiger partial charge in [-0.3, -0.25) is 0 Å². The predicted molar refractivity (Wildman–Crippen MR) is 75.4 cm³/mol. The topological polar surface area (TPSA) is 21.3 Å². The first-order chi connectivity index (χ1) is 10.5. The third kappa shape index (κ3) is 1.89. The molecule has 4 rings (SSSR count). The minimum absolute atomic E-state index is 0.112. The molecule has 22 heavy (non-hydrogen) atoms. The molecule has 1 fully saturated rings. The first-order valence-corrected chi connectivity index (χ1v) is 7.16. The lowest BCUT2D eigenvalue weighted by Crippen LogP contribution is -2.44. The molecule has 2 aromatic carbocycles. The fraction of sp³-hybridized carbons (Fsp3) is 0.294. The van der Waals surface area contributed by atoms with Crippen molar-refractivity contribution < 1.29 is 17.9 Å². The fourth-order valence-corrected chi connectivity index (χ4v) is 3.46. The molecule has 2 nitrogen and oxygen atoms in total. The summed E-state index contributed by atoms with van der Waals surface area (Å²) >= 11 is 0. The van der Waals surface area contributed by atoms with Crippen molar-refractivity contribution in [2.24, 2.45) is 0 Å².